The topological polar surface area (TPSA) is 118 Å². The number of nitrogens with zero attached hydrogens (tertiary/aromatic N) is 1. The van der Waals surface area contributed by atoms with Gasteiger partial charge in [0.25, 0.3) is 0 Å². The maximum atomic E-state index is 12.1. The Labute approximate surface area is 140 Å². The molecule has 1 aromatic rings. The van der Waals surface area contributed by atoms with Gasteiger partial charge in [0, 0.05) is 18.3 Å². The molecule has 1 heterocycles. The number of nitrogens with one attached hydrogen (secondary N) is 2. The van der Waals surface area contributed by atoms with Crippen LogP contribution in [0.15, 0.2) is 24.4 Å². The van der Waals surface area contributed by atoms with Gasteiger partial charge >= 0.3 is 12.1 Å². The minimum atomic E-state index is -1.18. The van der Waals surface area contributed by atoms with Gasteiger partial charge in [0.2, 0.25) is 5.91 Å². The van der Waals surface area contributed by atoms with E-state index in [0.29, 0.717) is 5.69 Å². The van der Waals surface area contributed by atoms with Crippen LogP contribution in [0.5, 0.6) is 0 Å². The summed E-state index contributed by atoms with van der Waals surface area (Å²) in [6.07, 6.45) is 0.839. The van der Waals surface area contributed by atoms with Crippen LogP contribution in [0.3, 0.4) is 0 Å². The first kappa shape index (κ1) is 19.4. The molecule has 0 aliphatic carbocycles. The Kier molecular flexibility index (Phi) is 6.69. The molecule has 2 amide bonds. The Bertz CT molecular complexity index is 583. The van der Waals surface area contributed by atoms with E-state index in [9.17, 15) is 19.5 Å². The van der Waals surface area contributed by atoms with Gasteiger partial charge in [-0.3, -0.25) is 9.78 Å². The number of carbonyl (C=O) groups excluding carboxylic acids is 2. The second-order valence-electron chi connectivity index (χ2n) is 6.29. The number of carboxylic acid groups (broad SMARTS) is 1. The first-order valence-corrected chi connectivity index (χ1v) is 7.51. The molecule has 3 N–H and O–H groups in total. The van der Waals surface area contributed by atoms with Gasteiger partial charge in [-0.15, -0.1) is 0 Å². The fourth-order valence-electron chi connectivity index (χ4n) is 1.77. The molecule has 0 saturated carbocycles. The molecule has 0 spiro atoms. The van der Waals surface area contributed by atoms with Crippen molar-refractivity contribution in [1.82, 2.24) is 15.6 Å². The summed E-state index contributed by atoms with van der Waals surface area (Å²) in [5, 5.41) is 14.0. The number of carbonyl (C=O) groups is 3. The Hall–Kier alpha value is -2.64. The van der Waals surface area contributed by atoms with Crippen LogP contribution in [-0.4, -0.2) is 45.7 Å². The maximum Gasteiger partial charge on any atom is 0.408 e. The van der Waals surface area contributed by atoms with E-state index in [1.54, 1.807) is 45.2 Å². The normalized spacial score (nSPS) is 13.5. The van der Waals surface area contributed by atoms with Crippen molar-refractivity contribution in [1.29, 1.82) is 0 Å². The van der Waals surface area contributed by atoms with Crippen molar-refractivity contribution in [2.45, 2.75) is 51.8 Å². The Morgan fingerprint density at radius 1 is 1.25 bits per heavy atom. The summed E-state index contributed by atoms with van der Waals surface area (Å²) in [4.78, 5) is 39.1. The summed E-state index contributed by atoms with van der Waals surface area (Å²) in [6.45, 7) is 6.54. The monoisotopic (exact) mass is 337 g/mol. The summed E-state index contributed by atoms with van der Waals surface area (Å²) in [5.74, 6) is -1.80. The van der Waals surface area contributed by atoms with E-state index >= 15 is 0 Å². The van der Waals surface area contributed by atoms with Crippen molar-refractivity contribution < 1.29 is 24.2 Å². The molecule has 0 saturated heterocycles. The number of aliphatic carboxylic acids is 1. The lowest BCUT2D eigenvalue weighted by atomic mass is 10.1. The van der Waals surface area contributed by atoms with Gasteiger partial charge < -0.3 is 20.5 Å². The molecule has 0 aliphatic heterocycles. The lowest BCUT2D eigenvalue weighted by Crippen LogP contribution is -2.51. The first-order chi connectivity index (χ1) is 11.1. The third-order valence-corrected chi connectivity index (χ3v) is 2.88. The van der Waals surface area contributed by atoms with E-state index in [1.807, 2.05) is 0 Å². The average molecular weight is 337 g/mol. The molecule has 8 nitrogen and oxygen atoms in total. The number of aromatic nitrogens is 1. The highest BCUT2D eigenvalue weighted by molar-refractivity contribution is 5.89. The summed E-state index contributed by atoms with van der Waals surface area (Å²) >= 11 is 0. The number of rotatable bonds is 6. The van der Waals surface area contributed by atoms with E-state index in [0.717, 1.165) is 0 Å². The zero-order chi connectivity index (χ0) is 18.3. The van der Waals surface area contributed by atoms with Crippen LogP contribution in [0.1, 0.15) is 33.4 Å². The molecule has 0 fully saturated rings. The van der Waals surface area contributed by atoms with Crippen LogP contribution >= 0.6 is 0 Å². The molecule has 8 heteroatoms. The number of hydrogen-bond donors (Lipinski definition) is 3. The standard InChI is InChI=1S/C16H23N3O5/c1-10(18-15(23)24-16(2,3)4)13(20)19-12(14(21)22)9-11-7-5-6-8-17-11/h5-8,10,12H,9H2,1-4H3,(H,18,23)(H,19,20)(H,21,22)/t10-,12-/m0/s1. The minimum absolute atomic E-state index is 0.0427. The second-order valence-corrected chi connectivity index (χ2v) is 6.29. The number of carboxylic acids is 1. The van der Waals surface area contributed by atoms with Crippen molar-refractivity contribution in [3.05, 3.63) is 30.1 Å². The van der Waals surface area contributed by atoms with Crippen LogP contribution < -0.4 is 10.6 Å². The predicted octanol–water partition coefficient (Wildman–Crippen LogP) is 1.11. The zero-order valence-electron chi connectivity index (χ0n) is 14.2. The van der Waals surface area contributed by atoms with E-state index in [1.165, 1.54) is 6.92 Å². The van der Waals surface area contributed by atoms with Gasteiger partial charge in [0.05, 0.1) is 0 Å². The van der Waals surface area contributed by atoms with E-state index < -0.39 is 35.7 Å². The highest BCUT2D eigenvalue weighted by Gasteiger charge is 2.26. The van der Waals surface area contributed by atoms with Crippen LogP contribution in [-0.2, 0) is 20.7 Å². The zero-order valence-corrected chi connectivity index (χ0v) is 14.2. The largest absolute Gasteiger partial charge is 0.480 e. The Morgan fingerprint density at radius 3 is 2.42 bits per heavy atom. The van der Waals surface area contributed by atoms with Gasteiger partial charge in [0.15, 0.2) is 0 Å². The third-order valence-electron chi connectivity index (χ3n) is 2.88. The summed E-state index contributed by atoms with van der Waals surface area (Å²) in [6, 6.07) is 3.03. The van der Waals surface area contributed by atoms with Crippen LogP contribution in [0.4, 0.5) is 4.79 Å². The molecule has 0 aromatic carbocycles. The van der Waals surface area contributed by atoms with E-state index in [2.05, 4.69) is 15.6 Å². The molecule has 132 valence electrons. The fraction of sp³-hybridized carbons (Fsp3) is 0.500. The first-order valence-electron chi connectivity index (χ1n) is 7.51. The van der Waals surface area contributed by atoms with Crippen molar-refractivity contribution in [3.8, 4) is 0 Å². The van der Waals surface area contributed by atoms with Crippen molar-refractivity contribution in [3.63, 3.8) is 0 Å². The van der Waals surface area contributed by atoms with E-state index in [-0.39, 0.29) is 6.42 Å². The molecule has 0 radical (unpaired) electrons. The molecule has 0 aliphatic rings. The van der Waals surface area contributed by atoms with Crippen molar-refractivity contribution >= 4 is 18.0 Å². The second kappa shape index (κ2) is 8.28. The van der Waals surface area contributed by atoms with Crippen LogP contribution in [0, 0.1) is 0 Å². The molecular weight excluding hydrogens is 314 g/mol. The highest BCUT2D eigenvalue weighted by atomic mass is 16.6. The van der Waals surface area contributed by atoms with Gasteiger partial charge in [-0.2, -0.15) is 0 Å². The number of alkyl carbamates (subject to hydrolysis) is 1. The van der Waals surface area contributed by atoms with Gasteiger partial charge in [-0.05, 0) is 39.8 Å². The van der Waals surface area contributed by atoms with Crippen molar-refractivity contribution in [2.24, 2.45) is 0 Å². The minimum Gasteiger partial charge on any atom is -0.480 e. The summed E-state index contributed by atoms with van der Waals surface area (Å²) in [7, 11) is 0. The molecule has 24 heavy (non-hydrogen) atoms. The molecular formula is C16H23N3O5. The lowest BCUT2D eigenvalue weighted by molar-refractivity contribution is -0.142. The number of amides is 2. The van der Waals surface area contributed by atoms with Gasteiger partial charge in [0.1, 0.15) is 17.7 Å². The number of ether oxygens (including phenoxy) is 1. The van der Waals surface area contributed by atoms with Crippen LogP contribution in [0.25, 0.3) is 0 Å². The molecule has 0 bridgehead atoms. The molecule has 1 rings (SSSR count). The Balaban J connectivity index is 2.61. The van der Waals surface area contributed by atoms with Crippen molar-refractivity contribution in [2.75, 3.05) is 0 Å². The average Bonchev–Trinajstić information content (AvgIpc) is 2.45. The maximum absolute atomic E-state index is 12.1. The Morgan fingerprint density at radius 2 is 1.92 bits per heavy atom. The van der Waals surface area contributed by atoms with Gasteiger partial charge in [-0.25, -0.2) is 9.59 Å². The predicted molar refractivity (Wildman–Crippen MR) is 86.3 cm³/mol. The quantitative estimate of drug-likeness (QED) is 0.715. The SMILES string of the molecule is C[C@H](NC(=O)OC(C)(C)C)C(=O)N[C@@H](Cc1ccccn1)C(=O)O. The molecule has 0 unspecified atom stereocenters. The van der Waals surface area contributed by atoms with E-state index in [4.69, 9.17) is 4.74 Å². The lowest BCUT2D eigenvalue weighted by Gasteiger charge is -2.22. The smallest absolute Gasteiger partial charge is 0.408 e. The highest BCUT2D eigenvalue weighted by Crippen LogP contribution is 2.07. The fourth-order valence-corrected chi connectivity index (χ4v) is 1.77. The molecule has 1 aromatic heterocycles. The summed E-state index contributed by atoms with van der Waals surface area (Å²) in [5.41, 5.74) is -0.152. The number of pyridine rings is 1. The molecule has 2 atom stereocenters. The van der Waals surface area contributed by atoms with Crippen LogP contribution in [0.2, 0.25) is 0 Å². The van der Waals surface area contributed by atoms with Gasteiger partial charge in [-0.1, -0.05) is 6.07 Å². The number of hydrogen-bond acceptors (Lipinski definition) is 5. The summed E-state index contributed by atoms with van der Waals surface area (Å²) < 4.78 is 5.05. The third kappa shape index (κ3) is 7.08.